The third kappa shape index (κ3) is 7.13. The van der Waals surface area contributed by atoms with Gasteiger partial charge in [-0.15, -0.1) is 0 Å². The van der Waals surface area contributed by atoms with Crippen LogP contribution in [0.15, 0.2) is 34.8 Å². The fraction of sp³-hybridized carbons (Fsp3) is 0.391. The van der Waals surface area contributed by atoms with Crippen LogP contribution in [0, 0.1) is 13.8 Å². The molecule has 168 valence electrons. The van der Waals surface area contributed by atoms with Crippen LogP contribution in [-0.2, 0) is 16.1 Å². The van der Waals surface area contributed by atoms with Gasteiger partial charge in [0, 0.05) is 27.6 Å². The molecule has 0 unspecified atom stereocenters. The normalized spacial score (nSPS) is 11.7. The Bertz CT molecular complexity index is 929. The number of hydrogen-bond donors (Lipinski definition) is 1. The molecule has 0 aromatic heterocycles. The van der Waals surface area contributed by atoms with Crippen molar-refractivity contribution in [3.05, 3.63) is 61.5 Å². The Morgan fingerprint density at radius 2 is 1.81 bits per heavy atom. The van der Waals surface area contributed by atoms with E-state index in [2.05, 4.69) is 21.2 Å². The summed E-state index contributed by atoms with van der Waals surface area (Å²) in [6, 6.07) is 8.11. The molecule has 0 aliphatic heterocycles. The maximum Gasteiger partial charge on any atom is 0.261 e. The Morgan fingerprint density at radius 1 is 1.16 bits per heavy atom. The van der Waals surface area contributed by atoms with Crippen molar-refractivity contribution in [3.8, 4) is 5.75 Å². The van der Waals surface area contributed by atoms with Gasteiger partial charge in [-0.1, -0.05) is 52.1 Å². The highest BCUT2D eigenvalue weighted by Crippen LogP contribution is 2.27. The molecule has 0 spiro atoms. The van der Waals surface area contributed by atoms with Crippen molar-refractivity contribution in [3.63, 3.8) is 0 Å². The van der Waals surface area contributed by atoms with Gasteiger partial charge in [-0.25, -0.2) is 0 Å². The summed E-state index contributed by atoms with van der Waals surface area (Å²) >= 11 is 15.8. The highest BCUT2D eigenvalue weighted by molar-refractivity contribution is 9.10. The van der Waals surface area contributed by atoms with E-state index >= 15 is 0 Å². The number of rotatable bonds is 9. The van der Waals surface area contributed by atoms with Gasteiger partial charge < -0.3 is 15.0 Å². The summed E-state index contributed by atoms with van der Waals surface area (Å²) in [6.07, 6.45) is 0.806. The monoisotopic (exact) mass is 528 g/mol. The Kier molecular flexibility index (Phi) is 9.66. The predicted molar refractivity (Wildman–Crippen MR) is 129 cm³/mol. The molecule has 2 aromatic carbocycles. The summed E-state index contributed by atoms with van der Waals surface area (Å²) in [5.74, 6) is 0.0538. The first-order valence-electron chi connectivity index (χ1n) is 10.0. The van der Waals surface area contributed by atoms with Crippen LogP contribution in [0.3, 0.4) is 0 Å². The molecule has 0 saturated carbocycles. The average molecular weight is 530 g/mol. The van der Waals surface area contributed by atoms with Gasteiger partial charge in [0.1, 0.15) is 11.8 Å². The molecule has 5 nitrogen and oxygen atoms in total. The average Bonchev–Trinajstić information content (AvgIpc) is 2.73. The number of carbonyl (C=O) groups is 2. The second kappa shape index (κ2) is 11.7. The van der Waals surface area contributed by atoms with Crippen molar-refractivity contribution in [2.75, 3.05) is 13.2 Å². The van der Waals surface area contributed by atoms with E-state index in [9.17, 15) is 9.59 Å². The zero-order chi connectivity index (χ0) is 23.1. The van der Waals surface area contributed by atoms with E-state index in [0.717, 1.165) is 22.0 Å². The maximum absolute atomic E-state index is 13.1. The molecule has 1 atom stereocenters. The van der Waals surface area contributed by atoms with Crippen molar-refractivity contribution in [1.29, 1.82) is 0 Å². The first-order valence-corrected chi connectivity index (χ1v) is 11.6. The number of carbonyl (C=O) groups excluding carboxylic acids is 2. The second-order valence-electron chi connectivity index (χ2n) is 7.38. The van der Waals surface area contributed by atoms with Gasteiger partial charge in [-0.05, 0) is 68.1 Å². The Labute approximate surface area is 202 Å². The molecule has 0 saturated heterocycles. The van der Waals surface area contributed by atoms with E-state index in [4.69, 9.17) is 27.9 Å². The standard InChI is InChI=1S/C23H27BrCl2N2O3/c1-5-8-27-23(30)16(4)28(12-17-6-7-18(25)11-20(17)26)21(29)13-31-19-9-14(2)22(24)15(3)10-19/h6-7,9-11,16H,5,8,12-13H2,1-4H3,(H,27,30)/t16-/m0/s1. The van der Waals surface area contributed by atoms with Crippen LogP contribution < -0.4 is 10.1 Å². The SMILES string of the molecule is CCCNC(=O)[C@H](C)N(Cc1ccc(Cl)cc1Cl)C(=O)COc1cc(C)c(Br)c(C)c1. The summed E-state index contributed by atoms with van der Waals surface area (Å²) in [6.45, 7) is 8.09. The van der Waals surface area contributed by atoms with E-state index in [-0.39, 0.29) is 25.0 Å². The lowest BCUT2D eigenvalue weighted by Crippen LogP contribution is -2.49. The summed E-state index contributed by atoms with van der Waals surface area (Å²) in [5, 5.41) is 3.78. The summed E-state index contributed by atoms with van der Waals surface area (Å²) in [5.41, 5.74) is 2.73. The number of ether oxygens (including phenoxy) is 1. The quantitative estimate of drug-likeness (QED) is 0.453. The van der Waals surface area contributed by atoms with E-state index in [1.165, 1.54) is 4.90 Å². The first-order chi connectivity index (χ1) is 14.6. The molecule has 0 heterocycles. The molecule has 2 rings (SSSR count). The van der Waals surface area contributed by atoms with Crippen LogP contribution in [0.2, 0.25) is 10.0 Å². The van der Waals surface area contributed by atoms with E-state index < -0.39 is 6.04 Å². The summed E-state index contributed by atoms with van der Waals surface area (Å²) < 4.78 is 6.77. The molecule has 0 fully saturated rings. The van der Waals surface area contributed by atoms with Crippen molar-refractivity contribution < 1.29 is 14.3 Å². The van der Waals surface area contributed by atoms with Crippen molar-refractivity contribution in [1.82, 2.24) is 10.2 Å². The molecule has 0 aliphatic carbocycles. The number of halogens is 3. The van der Waals surface area contributed by atoms with Gasteiger partial charge in [0.05, 0.1) is 0 Å². The molecule has 8 heteroatoms. The number of aryl methyl sites for hydroxylation is 2. The highest BCUT2D eigenvalue weighted by atomic mass is 79.9. The fourth-order valence-electron chi connectivity index (χ4n) is 3.03. The molecule has 1 N–H and O–H groups in total. The Balaban J connectivity index is 2.21. The molecular formula is C23H27BrCl2N2O3. The number of nitrogens with zero attached hydrogens (tertiary/aromatic N) is 1. The largest absolute Gasteiger partial charge is 0.484 e. The lowest BCUT2D eigenvalue weighted by molar-refractivity contribution is -0.142. The second-order valence-corrected chi connectivity index (χ2v) is 9.02. The summed E-state index contributed by atoms with van der Waals surface area (Å²) in [7, 11) is 0. The zero-order valence-electron chi connectivity index (χ0n) is 18.1. The number of benzene rings is 2. The minimum Gasteiger partial charge on any atom is -0.484 e. The van der Waals surface area contributed by atoms with E-state index in [0.29, 0.717) is 27.9 Å². The molecule has 0 aliphatic rings. The van der Waals surface area contributed by atoms with Gasteiger partial charge in [-0.2, -0.15) is 0 Å². The third-order valence-electron chi connectivity index (χ3n) is 4.84. The highest BCUT2D eigenvalue weighted by Gasteiger charge is 2.27. The molecular weight excluding hydrogens is 503 g/mol. The number of hydrogen-bond acceptors (Lipinski definition) is 3. The number of amides is 2. The molecule has 2 amide bonds. The van der Waals surface area contributed by atoms with Crippen molar-refractivity contribution >= 4 is 50.9 Å². The van der Waals surface area contributed by atoms with Gasteiger partial charge in [0.25, 0.3) is 5.91 Å². The van der Waals surface area contributed by atoms with Crippen LogP contribution >= 0.6 is 39.1 Å². The lowest BCUT2D eigenvalue weighted by Gasteiger charge is -2.29. The number of nitrogens with one attached hydrogen (secondary N) is 1. The van der Waals surface area contributed by atoms with Gasteiger partial charge in [0.2, 0.25) is 5.91 Å². The zero-order valence-corrected chi connectivity index (χ0v) is 21.2. The minimum atomic E-state index is -0.692. The van der Waals surface area contributed by atoms with E-state index in [1.54, 1.807) is 25.1 Å². The van der Waals surface area contributed by atoms with Crippen molar-refractivity contribution in [2.45, 2.75) is 46.7 Å². The lowest BCUT2D eigenvalue weighted by atomic mass is 10.1. The molecule has 2 aromatic rings. The van der Waals surface area contributed by atoms with Crippen LogP contribution in [0.1, 0.15) is 37.0 Å². The first kappa shape index (κ1) is 25.5. The minimum absolute atomic E-state index is 0.164. The molecule has 0 bridgehead atoms. The molecule has 0 radical (unpaired) electrons. The predicted octanol–water partition coefficient (Wildman–Crippen LogP) is 5.70. The van der Waals surface area contributed by atoms with Crippen LogP contribution in [0.4, 0.5) is 0 Å². The molecule has 31 heavy (non-hydrogen) atoms. The van der Waals surface area contributed by atoms with Crippen molar-refractivity contribution in [2.24, 2.45) is 0 Å². The Morgan fingerprint density at radius 3 is 2.39 bits per heavy atom. The van der Waals surface area contributed by atoms with E-state index in [1.807, 2.05) is 32.9 Å². The maximum atomic E-state index is 13.1. The van der Waals surface area contributed by atoms with Crippen LogP contribution in [0.5, 0.6) is 5.75 Å². The Hall–Kier alpha value is -1.76. The third-order valence-corrected chi connectivity index (χ3v) is 6.68. The fourth-order valence-corrected chi connectivity index (χ4v) is 3.73. The van der Waals surface area contributed by atoms with Gasteiger partial charge in [-0.3, -0.25) is 9.59 Å². The van der Waals surface area contributed by atoms with Crippen LogP contribution in [-0.4, -0.2) is 35.9 Å². The van der Waals surface area contributed by atoms with Gasteiger partial charge in [0.15, 0.2) is 6.61 Å². The summed E-state index contributed by atoms with van der Waals surface area (Å²) in [4.78, 5) is 27.1. The topological polar surface area (TPSA) is 58.6 Å². The smallest absolute Gasteiger partial charge is 0.261 e. The van der Waals surface area contributed by atoms with Crippen LogP contribution in [0.25, 0.3) is 0 Å². The van der Waals surface area contributed by atoms with Gasteiger partial charge >= 0.3 is 0 Å².